The van der Waals surface area contributed by atoms with Crippen LogP contribution in [0, 0.1) is 0 Å². The van der Waals surface area contributed by atoms with Crippen molar-refractivity contribution in [3.8, 4) is 5.75 Å². The number of amides is 1. The molecule has 29 heavy (non-hydrogen) atoms. The number of nitrogens with one attached hydrogen (secondary N) is 1. The molecule has 2 aromatic carbocycles. The van der Waals surface area contributed by atoms with Gasteiger partial charge >= 0.3 is 12.1 Å². The van der Waals surface area contributed by atoms with Gasteiger partial charge in [0.2, 0.25) is 0 Å². The maximum atomic E-state index is 12.8. The summed E-state index contributed by atoms with van der Waals surface area (Å²) in [6, 6.07) is 16.7. The van der Waals surface area contributed by atoms with Gasteiger partial charge in [0.1, 0.15) is 5.75 Å². The summed E-state index contributed by atoms with van der Waals surface area (Å²) in [7, 11) is 0. The van der Waals surface area contributed by atoms with Gasteiger partial charge in [0.15, 0.2) is 0 Å². The summed E-state index contributed by atoms with van der Waals surface area (Å²) in [6.07, 6.45) is 1.29. The Labute approximate surface area is 168 Å². The minimum atomic E-state index is -0.541. The standard InChI is InChI=1S/C23H22N2O4/c1-15(2)28-22(26)19-14-25(23(27)29-16-8-4-3-5-9-16)13-12-18-17-10-6-7-11-20(17)24-21(18)19/h3-11,14-15,24H,12-13H2,1-2H3. The molecule has 1 aliphatic heterocycles. The second-order valence-electron chi connectivity index (χ2n) is 7.15. The van der Waals surface area contributed by atoms with Crippen LogP contribution >= 0.6 is 0 Å². The van der Waals surface area contributed by atoms with E-state index >= 15 is 0 Å². The van der Waals surface area contributed by atoms with Crippen molar-refractivity contribution in [2.24, 2.45) is 0 Å². The predicted octanol–water partition coefficient (Wildman–Crippen LogP) is 4.52. The first-order valence-electron chi connectivity index (χ1n) is 9.59. The molecule has 0 saturated carbocycles. The Morgan fingerprint density at radius 3 is 2.52 bits per heavy atom. The number of esters is 1. The summed E-state index contributed by atoms with van der Waals surface area (Å²) >= 11 is 0. The maximum absolute atomic E-state index is 12.8. The Morgan fingerprint density at radius 2 is 1.76 bits per heavy atom. The number of hydrogen-bond donors (Lipinski definition) is 1. The lowest BCUT2D eigenvalue weighted by atomic mass is 10.0. The Kier molecular flexibility index (Phi) is 5.08. The number of aromatic amines is 1. The van der Waals surface area contributed by atoms with Crippen LogP contribution in [0.3, 0.4) is 0 Å². The highest BCUT2D eigenvalue weighted by atomic mass is 16.6. The molecule has 148 valence electrons. The van der Waals surface area contributed by atoms with E-state index < -0.39 is 12.1 Å². The molecule has 0 unspecified atom stereocenters. The van der Waals surface area contributed by atoms with E-state index in [0.29, 0.717) is 30.0 Å². The third kappa shape index (κ3) is 3.87. The molecule has 1 amide bonds. The van der Waals surface area contributed by atoms with Crippen molar-refractivity contribution in [3.63, 3.8) is 0 Å². The van der Waals surface area contributed by atoms with Crippen LogP contribution in [0.25, 0.3) is 16.5 Å². The molecular weight excluding hydrogens is 368 g/mol. The third-order valence-corrected chi connectivity index (χ3v) is 4.72. The molecule has 4 rings (SSSR count). The number of nitrogens with zero attached hydrogens (tertiary/aromatic N) is 1. The van der Waals surface area contributed by atoms with E-state index in [2.05, 4.69) is 4.98 Å². The van der Waals surface area contributed by atoms with Crippen molar-refractivity contribution in [2.75, 3.05) is 6.54 Å². The molecule has 0 bridgehead atoms. The van der Waals surface area contributed by atoms with Crippen molar-refractivity contribution >= 4 is 28.5 Å². The fourth-order valence-corrected chi connectivity index (χ4v) is 3.43. The molecule has 6 heteroatoms. The van der Waals surface area contributed by atoms with Crippen LogP contribution < -0.4 is 4.74 Å². The van der Waals surface area contributed by atoms with Crippen molar-refractivity contribution in [3.05, 3.63) is 72.1 Å². The number of hydrogen-bond acceptors (Lipinski definition) is 4. The lowest BCUT2D eigenvalue weighted by molar-refractivity contribution is -0.140. The molecule has 1 aliphatic rings. The highest BCUT2D eigenvalue weighted by molar-refractivity contribution is 6.18. The number of aromatic nitrogens is 1. The fourth-order valence-electron chi connectivity index (χ4n) is 3.43. The number of carbonyl (C=O) groups excluding carboxylic acids is 2. The second-order valence-corrected chi connectivity index (χ2v) is 7.15. The van der Waals surface area contributed by atoms with E-state index in [1.807, 2.05) is 30.3 Å². The van der Waals surface area contributed by atoms with E-state index in [1.165, 1.54) is 11.1 Å². The van der Waals surface area contributed by atoms with Gasteiger partial charge in [-0.25, -0.2) is 9.59 Å². The van der Waals surface area contributed by atoms with Gasteiger partial charge in [0, 0.05) is 23.6 Å². The van der Waals surface area contributed by atoms with Gasteiger partial charge in [0.05, 0.1) is 17.4 Å². The zero-order valence-electron chi connectivity index (χ0n) is 16.3. The van der Waals surface area contributed by atoms with Crippen LogP contribution in [0.15, 0.2) is 60.8 Å². The fraction of sp³-hybridized carbons (Fsp3) is 0.217. The average molecular weight is 390 g/mol. The summed E-state index contributed by atoms with van der Waals surface area (Å²) < 4.78 is 10.9. The molecule has 1 N–H and O–H groups in total. The van der Waals surface area contributed by atoms with Gasteiger partial charge in [-0.1, -0.05) is 36.4 Å². The summed E-state index contributed by atoms with van der Waals surface area (Å²) in [5, 5.41) is 1.03. The average Bonchev–Trinajstić information content (AvgIpc) is 2.95. The van der Waals surface area contributed by atoms with Crippen LogP contribution in [0.2, 0.25) is 0 Å². The van der Waals surface area contributed by atoms with Crippen LogP contribution in [0.4, 0.5) is 4.79 Å². The van der Waals surface area contributed by atoms with Crippen LogP contribution in [-0.4, -0.2) is 34.6 Å². The Hall–Kier alpha value is -3.54. The SMILES string of the molecule is CC(C)OC(=O)C1=CN(C(=O)Oc2ccccc2)CCc2c1[nH]c1ccccc21. The van der Waals surface area contributed by atoms with E-state index in [9.17, 15) is 9.59 Å². The van der Waals surface area contributed by atoms with Crippen molar-refractivity contribution in [1.29, 1.82) is 0 Å². The molecule has 0 spiro atoms. The minimum absolute atomic E-state index is 0.274. The van der Waals surface area contributed by atoms with E-state index in [1.54, 1.807) is 38.1 Å². The minimum Gasteiger partial charge on any atom is -0.459 e. The van der Waals surface area contributed by atoms with E-state index in [0.717, 1.165) is 16.5 Å². The first-order valence-corrected chi connectivity index (χ1v) is 9.59. The second kappa shape index (κ2) is 7.83. The summed E-state index contributed by atoms with van der Waals surface area (Å²) in [6.45, 7) is 3.98. The summed E-state index contributed by atoms with van der Waals surface area (Å²) in [5.41, 5.74) is 2.93. The van der Waals surface area contributed by atoms with Gasteiger partial charge in [-0.05, 0) is 44.0 Å². The molecule has 6 nitrogen and oxygen atoms in total. The van der Waals surface area contributed by atoms with Crippen molar-refractivity contribution in [2.45, 2.75) is 26.4 Å². The summed E-state index contributed by atoms with van der Waals surface area (Å²) in [4.78, 5) is 30.3. The first-order chi connectivity index (χ1) is 14.0. The Balaban J connectivity index is 1.72. The zero-order chi connectivity index (χ0) is 20.4. The number of benzene rings is 2. The number of fused-ring (bicyclic) bond motifs is 3. The highest BCUT2D eigenvalue weighted by Crippen LogP contribution is 2.31. The molecule has 1 aromatic heterocycles. The van der Waals surface area contributed by atoms with Crippen LogP contribution in [0.1, 0.15) is 25.1 Å². The first kappa shape index (κ1) is 18.8. The van der Waals surface area contributed by atoms with Gasteiger partial charge in [-0.2, -0.15) is 0 Å². The number of para-hydroxylation sites is 2. The topological polar surface area (TPSA) is 71.6 Å². The zero-order valence-corrected chi connectivity index (χ0v) is 16.3. The molecule has 2 heterocycles. The number of carbonyl (C=O) groups is 2. The Bertz CT molecular complexity index is 1080. The smallest absolute Gasteiger partial charge is 0.419 e. The summed E-state index contributed by atoms with van der Waals surface area (Å²) in [5.74, 6) is -0.0300. The number of H-pyrrole nitrogens is 1. The lowest BCUT2D eigenvalue weighted by Gasteiger charge is -2.17. The van der Waals surface area contributed by atoms with Crippen LogP contribution in [-0.2, 0) is 16.0 Å². The highest BCUT2D eigenvalue weighted by Gasteiger charge is 2.28. The van der Waals surface area contributed by atoms with Crippen LogP contribution in [0.5, 0.6) is 5.75 Å². The predicted molar refractivity (Wildman–Crippen MR) is 110 cm³/mol. The van der Waals surface area contributed by atoms with Gasteiger partial charge < -0.3 is 14.5 Å². The molecule has 0 atom stereocenters. The molecule has 0 radical (unpaired) electrons. The van der Waals surface area contributed by atoms with Crippen molar-refractivity contribution < 1.29 is 19.1 Å². The third-order valence-electron chi connectivity index (χ3n) is 4.72. The van der Waals surface area contributed by atoms with E-state index in [4.69, 9.17) is 9.47 Å². The molecule has 0 fully saturated rings. The normalized spacial score (nSPS) is 13.6. The molecular formula is C23H22N2O4. The molecule has 3 aromatic rings. The Morgan fingerprint density at radius 1 is 1.03 bits per heavy atom. The number of ether oxygens (including phenoxy) is 2. The maximum Gasteiger partial charge on any atom is 0.419 e. The van der Waals surface area contributed by atoms with Gasteiger partial charge in [-0.15, -0.1) is 0 Å². The largest absolute Gasteiger partial charge is 0.459 e. The van der Waals surface area contributed by atoms with E-state index in [-0.39, 0.29) is 6.10 Å². The quantitative estimate of drug-likeness (QED) is 0.668. The van der Waals surface area contributed by atoms with Crippen molar-refractivity contribution in [1.82, 2.24) is 9.88 Å². The molecule has 0 aliphatic carbocycles. The number of rotatable bonds is 3. The van der Waals surface area contributed by atoms with Gasteiger partial charge in [-0.3, -0.25) is 4.90 Å². The monoisotopic (exact) mass is 390 g/mol. The lowest BCUT2D eigenvalue weighted by Crippen LogP contribution is -2.30. The molecule has 0 saturated heterocycles. The van der Waals surface area contributed by atoms with Gasteiger partial charge in [0.25, 0.3) is 0 Å².